The molecule has 1 atom stereocenters. The second-order valence-electron chi connectivity index (χ2n) is 6.99. The highest BCUT2D eigenvalue weighted by Crippen LogP contribution is 2.25. The Morgan fingerprint density at radius 1 is 1.24 bits per heavy atom. The molecule has 1 aromatic carbocycles. The third kappa shape index (κ3) is 5.15. The van der Waals surface area contributed by atoms with Gasteiger partial charge < -0.3 is 19.9 Å². The van der Waals surface area contributed by atoms with Crippen LogP contribution >= 0.6 is 12.2 Å². The zero-order valence-electron chi connectivity index (χ0n) is 16.5. The SMILES string of the molecule is CCC(=S)NCC1CN(c2ccc(N3CCN(C(=O)CC#N)CC3)cc2)C(=O)O1. The van der Waals surface area contributed by atoms with Crippen molar-refractivity contribution < 1.29 is 14.3 Å². The van der Waals surface area contributed by atoms with E-state index in [0.29, 0.717) is 39.3 Å². The van der Waals surface area contributed by atoms with Crippen LogP contribution in [0, 0.1) is 11.3 Å². The molecule has 8 nitrogen and oxygen atoms in total. The van der Waals surface area contributed by atoms with Gasteiger partial charge in [0.25, 0.3) is 0 Å². The van der Waals surface area contributed by atoms with Gasteiger partial charge in [0.1, 0.15) is 12.5 Å². The van der Waals surface area contributed by atoms with E-state index >= 15 is 0 Å². The fraction of sp³-hybridized carbons (Fsp3) is 0.500. The van der Waals surface area contributed by atoms with E-state index in [4.69, 9.17) is 22.2 Å². The van der Waals surface area contributed by atoms with Crippen molar-refractivity contribution in [2.45, 2.75) is 25.9 Å². The standard InChI is InChI=1S/C20H25N5O3S/c1-2-18(29)22-13-17-14-25(20(27)28-17)16-5-3-15(4-6-16)23-9-11-24(12-10-23)19(26)7-8-21/h3-6,17H,2,7,9-14H2,1H3,(H,22,29). The lowest BCUT2D eigenvalue weighted by molar-refractivity contribution is -0.130. The maximum absolute atomic E-state index is 12.2. The number of nitrogens with one attached hydrogen (secondary N) is 1. The molecule has 2 heterocycles. The van der Waals surface area contributed by atoms with E-state index in [1.807, 2.05) is 37.3 Å². The number of nitriles is 1. The highest BCUT2D eigenvalue weighted by molar-refractivity contribution is 7.80. The molecular formula is C20H25N5O3S. The summed E-state index contributed by atoms with van der Waals surface area (Å²) in [6.45, 7) is 5.62. The number of amides is 2. The minimum absolute atomic E-state index is 0.0681. The first-order valence-electron chi connectivity index (χ1n) is 9.76. The van der Waals surface area contributed by atoms with Crippen molar-refractivity contribution in [3.8, 4) is 6.07 Å². The van der Waals surface area contributed by atoms with Crippen LogP contribution in [-0.2, 0) is 9.53 Å². The molecular weight excluding hydrogens is 390 g/mol. The van der Waals surface area contributed by atoms with Crippen molar-refractivity contribution in [1.82, 2.24) is 10.2 Å². The molecule has 2 amide bonds. The van der Waals surface area contributed by atoms with Gasteiger partial charge in [-0.1, -0.05) is 19.1 Å². The number of thiocarbonyl (C=S) groups is 1. The van der Waals surface area contributed by atoms with Crippen LogP contribution in [0.4, 0.5) is 16.2 Å². The molecule has 2 aliphatic rings. The molecule has 0 saturated carbocycles. The Morgan fingerprint density at radius 3 is 2.52 bits per heavy atom. The van der Waals surface area contributed by atoms with E-state index in [2.05, 4.69) is 10.2 Å². The molecule has 154 valence electrons. The van der Waals surface area contributed by atoms with Gasteiger partial charge >= 0.3 is 6.09 Å². The number of ether oxygens (including phenoxy) is 1. The molecule has 0 spiro atoms. The van der Waals surface area contributed by atoms with E-state index in [0.717, 1.165) is 22.8 Å². The maximum atomic E-state index is 12.2. The Balaban J connectivity index is 1.54. The van der Waals surface area contributed by atoms with Gasteiger partial charge in [-0.2, -0.15) is 5.26 Å². The molecule has 0 bridgehead atoms. The molecule has 0 aliphatic carbocycles. The summed E-state index contributed by atoms with van der Waals surface area (Å²) in [6, 6.07) is 9.69. The highest BCUT2D eigenvalue weighted by Gasteiger charge is 2.32. The van der Waals surface area contributed by atoms with Crippen molar-refractivity contribution in [3.63, 3.8) is 0 Å². The van der Waals surface area contributed by atoms with Gasteiger partial charge in [0.2, 0.25) is 5.91 Å². The van der Waals surface area contributed by atoms with Crippen LogP contribution in [0.25, 0.3) is 0 Å². The Hall–Kier alpha value is -2.86. The predicted molar refractivity (Wildman–Crippen MR) is 114 cm³/mol. The summed E-state index contributed by atoms with van der Waals surface area (Å²) in [4.78, 5) is 30.3. The van der Waals surface area contributed by atoms with Crippen molar-refractivity contribution in [2.24, 2.45) is 0 Å². The summed E-state index contributed by atoms with van der Waals surface area (Å²) < 4.78 is 5.42. The number of hydrogen-bond acceptors (Lipinski definition) is 6. The lowest BCUT2D eigenvalue weighted by Gasteiger charge is -2.36. The summed E-state index contributed by atoms with van der Waals surface area (Å²) in [7, 11) is 0. The van der Waals surface area contributed by atoms with E-state index < -0.39 is 0 Å². The largest absolute Gasteiger partial charge is 0.442 e. The third-order valence-corrected chi connectivity index (χ3v) is 5.54. The molecule has 1 aromatic rings. The van der Waals surface area contributed by atoms with E-state index in [-0.39, 0.29) is 24.5 Å². The minimum Gasteiger partial charge on any atom is -0.442 e. The van der Waals surface area contributed by atoms with Crippen LogP contribution in [0.2, 0.25) is 0 Å². The number of cyclic esters (lactones) is 1. The third-order valence-electron chi connectivity index (χ3n) is 5.11. The molecule has 29 heavy (non-hydrogen) atoms. The van der Waals surface area contributed by atoms with Crippen LogP contribution in [-0.4, -0.2) is 67.3 Å². The number of nitrogens with zero attached hydrogens (tertiary/aromatic N) is 4. The first kappa shape index (κ1) is 20.9. The summed E-state index contributed by atoms with van der Waals surface area (Å²) in [5.41, 5.74) is 1.84. The molecule has 1 unspecified atom stereocenters. The predicted octanol–water partition coefficient (Wildman–Crippen LogP) is 1.90. The van der Waals surface area contributed by atoms with Crippen LogP contribution in [0.1, 0.15) is 19.8 Å². The van der Waals surface area contributed by atoms with Crippen LogP contribution in [0.5, 0.6) is 0 Å². The summed E-state index contributed by atoms with van der Waals surface area (Å²) >= 11 is 5.15. The van der Waals surface area contributed by atoms with Gasteiger partial charge in [0.05, 0.1) is 24.1 Å². The maximum Gasteiger partial charge on any atom is 0.414 e. The van der Waals surface area contributed by atoms with E-state index in [9.17, 15) is 9.59 Å². The van der Waals surface area contributed by atoms with Gasteiger partial charge in [-0.3, -0.25) is 9.69 Å². The van der Waals surface area contributed by atoms with E-state index in [1.165, 1.54) is 0 Å². The molecule has 0 aromatic heterocycles. The lowest BCUT2D eigenvalue weighted by atomic mass is 10.2. The minimum atomic E-state index is -0.350. The Labute approximate surface area is 176 Å². The Morgan fingerprint density at radius 2 is 1.90 bits per heavy atom. The average molecular weight is 416 g/mol. The summed E-state index contributed by atoms with van der Waals surface area (Å²) in [5.74, 6) is -0.112. The smallest absolute Gasteiger partial charge is 0.414 e. The number of rotatable bonds is 6. The highest BCUT2D eigenvalue weighted by atomic mass is 32.1. The fourth-order valence-electron chi connectivity index (χ4n) is 3.43. The van der Waals surface area contributed by atoms with Crippen molar-refractivity contribution in [1.29, 1.82) is 5.26 Å². The quantitative estimate of drug-likeness (QED) is 0.710. The zero-order valence-corrected chi connectivity index (χ0v) is 17.3. The molecule has 9 heteroatoms. The molecule has 2 saturated heterocycles. The van der Waals surface area contributed by atoms with Gasteiger partial charge in [-0.25, -0.2) is 4.79 Å². The number of benzene rings is 1. The monoisotopic (exact) mass is 415 g/mol. The average Bonchev–Trinajstić information content (AvgIpc) is 3.13. The topological polar surface area (TPSA) is 88.9 Å². The van der Waals surface area contributed by atoms with Crippen LogP contribution in [0.15, 0.2) is 24.3 Å². The Bertz CT molecular complexity index is 799. The Kier molecular flexibility index (Phi) is 6.88. The lowest BCUT2D eigenvalue weighted by Crippen LogP contribution is -2.48. The second-order valence-corrected chi connectivity index (χ2v) is 7.49. The number of carbonyl (C=O) groups is 2. The molecule has 2 fully saturated rings. The van der Waals surface area contributed by atoms with Crippen LogP contribution in [0.3, 0.4) is 0 Å². The van der Waals surface area contributed by atoms with Gasteiger partial charge in [-0.05, 0) is 30.7 Å². The number of hydrogen-bond donors (Lipinski definition) is 1. The van der Waals surface area contributed by atoms with Crippen molar-refractivity contribution in [2.75, 3.05) is 49.1 Å². The molecule has 3 rings (SSSR count). The molecule has 2 aliphatic heterocycles. The van der Waals surface area contributed by atoms with Gasteiger partial charge in [0.15, 0.2) is 0 Å². The molecule has 0 radical (unpaired) electrons. The van der Waals surface area contributed by atoms with E-state index in [1.54, 1.807) is 9.80 Å². The molecule has 1 N–H and O–H groups in total. The number of carbonyl (C=O) groups excluding carboxylic acids is 2. The summed E-state index contributed by atoms with van der Waals surface area (Å²) in [5, 5.41) is 11.8. The van der Waals surface area contributed by atoms with Crippen LogP contribution < -0.4 is 15.1 Å². The second kappa shape index (κ2) is 9.56. The fourth-order valence-corrected chi connectivity index (χ4v) is 3.51. The van der Waals surface area contributed by atoms with Gasteiger partial charge in [-0.15, -0.1) is 0 Å². The van der Waals surface area contributed by atoms with Crippen molar-refractivity contribution >= 4 is 40.6 Å². The number of anilines is 2. The zero-order chi connectivity index (χ0) is 20.8. The van der Waals surface area contributed by atoms with Gasteiger partial charge in [0, 0.05) is 37.6 Å². The first-order valence-corrected chi connectivity index (χ1v) is 10.2. The first-order chi connectivity index (χ1) is 14.0. The number of piperazine rings is 1. The summed E-state index contributed by atoms with van der Waals surface area (Å²) in [6.07, 6.45) is 0.117. The normalized spacial score (nSPS) is 19.0. The van der Waals surface area contributed by atoms with Crippen molar-refractivity contribution in [3.05, 3.63) is 24.3 Å².